The molecule has 0 atom stereocenters. The molecular formula is C14H13BrN2OS. The lowest BCUT2D eigenvalue weighted by molar-refractivity contribution is 0.412. The van der Waals surface area contributed by atoms with Gasteiger partial charge in [-0.05, 0) is 52.3 Å². The molecule has 3 N–H and O–H groups in total. The fourth-order valence-electron chi connectivity index (χ4n) is 1.62. The molecule has 0 saturated heterocycles. The third kappa shape index (κ3) is 3.45. The van der Waals surface area contributed by atoms with Crippen molar-refractivity contribution in [2.45, 2.75) is 0 Å². The zero-order valence-electron chi connectivity index (χ0n) is 10.3. The number of hydrogen-bond donors (Lipinski definition) is 2. The summed E-state index contributed by atoms with van der Waals surface area (Å²) >= 11 is 8.34. The molecule has 98 valence electrons. The molecule has 0 heterocycles. The van der Waals surface area contributed by atoms with Gasteiger partial charge >= 0.3 is 0 Å². The Morgan fingerprint density at radius 1 is 1.16 bits per heavy atom. The maximum absolute atomic E-state index is 5.56. The number of ether oxygens (including phenoxy) is 1. The van der Waals surface area contributed by atoms with E-state index in [2.05, 4.69) is 21.2 Å². The van der Waals surface area contributed by atoms with Crippen LogP contribution in [0.4, 0.5) is 11.4 Å². The van der Waals surface area contributed by atoms with Crippen molar-refractivity contribution >= 4 is 44.5 Å². The smallest absolute Gasteiger partial charge is 0.135 e. The predicted octanol–water partition coefficient (Wildman–Crippen LogP) is 3.84. The quantitative estimate of drug-likeness (QED) is 0.833. The van der Waals surface area contributed by atoms with Crippen LogP contribution in [0.25, 0.3) is 0 Å². The molecule has 0 aliphatic heterocycles. The van der Waals surface area contributed by atoms with Gasteiger partial charge in [0.15, 0.2) is 0 Å². The van der Waals surface area contributed by atoms with Crippen molar-refractivity contribution in [2.24, 2.45) is 5.73 Å². The van der Waals surface area contributed by atoms with Gasteiger partial charge in [-0.25, -0.2) is 0 Å². The largest absolute Gasteiger partial charge is 0.495 e. The summed E-state index contributed by atoms with van der Waals surface area (Å²) in [5, 5.41) is 3.29. The number of hydrogen-bond acceptors (Lipinski definition) is 3. The maximum Gasteiger partial charge on any atom is 0.135 e. The summed E-state index contributed by atoms with van der Waals surface area (Å²) in [6.45, 7) is 0. The van der Waals surface area contributed by atoms with Crippen LogP contribution < -0.4 is 15.8 Å². The Kier molecular flexibility index (Phi) is 4.39. The summed E-state index contributed by atoms with van der Waals surface area (Å²) in [7, 11) is 1.64. The predicted molar refractivity (Wildman–Crippen MR) is 86.3 cm³/mol. The molecule has 0 radical (unpaired) electrons. The molecular weight excluding hydrogens is 324 g/mol. The van der Waals surface area contributed by atoms with E-state index in [9.17, 15) is 0 Å². The summed E-state index contributed by atoms with van der Waals surface area (Å²) in [6, 6.07) is 13.5. The molecule has 0 spiro atoms. The van der Waals surface area contributed by atoms with E-state index < -0.39 is 0 Å². The molecule has 0 aliphatic carbocycles. The van der Waals surface area contributed by atoms with Crippen LogP contribution in [-0.4, -0.2) is 12.1 Å². The fourth-order valence-corrected chi connectivity index (χ4v) is 2.17. The second-order valence-electron chi connectivity index (χ2n) is 3.92. The van der Waals surface area contributed by atoms with E-state index in [0.29, 0.717) is 4.99 Å². The number of halogens is 1. The molecule has 0 bridgehead atoms. The van der Waals surface area contributed by atoms with Crippen molar-refractivity contribution in [2.75, 3.05) is 12.4 Å². The molecule has 3 nitrogen and oxygen atoms in total. The van der Waals surface area contributed by atoms with Gasteiger partial charge in [0.05, 0.1) is 11.6 Å². The van der Waals surface area contributed by atoms with Crippen molar-refractivity contribution in [3.63, 3.8) is 0 Å². The minimum Gasteiger partial charge on any atom is -0.495 e. The van der Waals surface area contributed by atoms with Gasteiger partial charge in [0.2, 0.25) is 0 Å². The Labute approximate surface area is 125 Å². The van der Waals surface area contributed by atoms with E-state index in [1.165, 1.54) is 0 Å². The van der Waals surface area contributed by atoms with Crippen LogP contribution in [0.2, 0.25) is 0 Å². The van der Waals surface area contributed by atoms with Crippen LogP contribution in [0.15, 0.2) is 46.9 Å². The Morgan fingerprint density at radius 2 is 1.79 bits per heavy atom. The average molecular weight is 337 g/mol. The highest BCUT2D eigenvalue weighted by Gasteiger charge is 2.02. The second-order valence-corrected chi connectivity index (χ2v) is 5.21. The minimum atomic E-state index is 0.400. The Balaban J connectivity index is 2.19. The lowest BCUT2D eigenvalue weighted by Gasteiger charge is -2.10. The van der Waals surface area contributed by atoms with Gasteiger partial charge in [-0.15, -0.1) is 0 Å². The van der Waals surface area contributed by atoms with Gasteiger partial charge in [-0.1, -0.05) is 12.2 Å². The number of anilines is 2. The van der Waals surface area contributed by atoms with E-state index in [4.69, 9.17) is 22.7 Å². The van der Waals surface area contributed by atoms with Crippen LogP contribution in [0.3, 0.4) is 0 Å². The number of methoxy groups -OCH3 is 1. The van der Waals surface area contributed by atoms with Crippen LogP contribution in [0.5, 0.6) is 5.75 Å². The van der Waals surface area contributed by atoms with E-state index in [1.807, 2.05) is 42.5 Å². The summed E-state index contributed by atoms with van der Waals surface area (Å²) in [4.78, 5) is 0.400. The molecule has 2 rings (SSSR count). The van der Waals surface area contributed by atoms with Gasteiger partial charge in [0.1, 0.15) is 10.7 Å². The minimum absolute atomic E-state index is 0.400. The molecule has 0 saturated carbocycles. The molecule has 2 aromatic rings. The van der Waals surface area contributed by atoms with Crippen molar-refractivity contribution in [3.05, 3.63) is 52.5 Å². The zero-order chi connectivity index (χ0) is 13.8. The highest BCUT2D eigenvalue weighted by Crippen LogP contribution is 2.29. The average Bonchev–Trinajstić information content (AvgIpc) is 2.41. The number of thiocarbonyl (C=S) groups is 1. The van der Waals surface area contributed by atoms with Gasteiger partial charge in [0.25, 0.3) is 0 Å². The van der Waals surface area contributed by atoms with Crippen molar-refractivity contribution in [3.8, 4) is 5.75 Å². The Bertz CT molecular complexity index is 599. The van der Waals surface area contributed by atoms with Crippen LogP contribution in [-0.2, 0) is 0 Å². The molecule has 2 aromatic carbocycles. The maximum atomic E-state index is 5.56. The topological polar surface area (TPSA) is 47.3 Å². The van der Waals surface area contributed by atoms with E-state index in [1.54, 1.807) is 7.11 Å². The first-order valence-electron chi connectivity index (χ1n) is 5.60. The summed E-state index contributed by atoms with van der Waals surface area (Å²) < 4.78 is 6.17. The van der Waals surface area contributed by atoms with Crippen LogP contribution in [0.1, 0.15) is 5.56 Å². The number of benzene rings is 2. The molecule has 0 amide bonds. The molecule has 0 aromatic heterocycles. The number of nitrogens with one attached hydrogen (secondary N) is 1. The number of rotatable bonds is 4. The lowest BCUT2D eigenvalue weighted by Crippen LogP contribution is -2.08. The normalized spacial score (nSPS) is 10.0. The van der Waals surface area contributed by atoms with E-state index in [0.717, 1.165) is 27.2 Å². The highest BCUT2D eigenvalue weighted by molar-refractivity contribution is 9.10. The second kappa shape index (κ2) is 6.04. The first-order valence-corrected chi connectivity index (χ1v) is 6.80. The van der Waals surface area contributed by atoms with Gasteiger partial charge in [0, 0.05) is 23.0 Å². The zero-order valence-corrected chi connectivity index (χ0v) is 12.7. The molecule has 5 heteroatoms. The fraction of sp³-hybridized carbons (Fsp3) is 0.0714. The van der Waals surface area contributed by atoms with E-state index >= 15 is 0 Å². The SMILES string of the molecule is COc1cc(Nc2ccc(C(N)=S)cc2)ccc1Br. The Hall–Kier alpha value is -1.59. The summed E-state index contributed by atoms with van der Waals surface area (Å²) in [5.41, 5.74) is 8.33. The highest BCUT2D eigenvalue weighted by atomic mass is 79.9. The third-order valence-electron chi connectivity index (χ3n) is 2.61. The first-order chi connectivity index (χ1) is 9.10. The van der Waals surface area contributed by atoms with Crippen molar-refractivity contribution in [1.82, 2.24) is 0 Å². The van der Waals surface area contributed by atoms with Gasteiger partial charge in [-0.2, -0.15) is 0 Å². The van der Waals surface area contributed by atoms with Crippen molar-refractivity contribution < 1.29 is 4.74 Å². The molecule has 0 unspecified atom stereocenters. The van der Waals surface area contributed by atoms with E-state index in [-0.39, 0.29) is 0 Å². The summed E-state index contributed by atoms with van der Waals surface area (Å²) in [6.07, 6.45) is 0. The van der Waals surface area contributed by atoms with Crippen molar-refractivity contribution in [1.29, 1.82) is 0 Å². The lowest BCUT2D eigenvalue weighted by atomic mass is 10.2. The third-order valence-corrected chi connectivity index (χ3v) is 3.50. The monoisotopic (exact) mass is 336 g/mol. The van der Waals surface area contributed by atoms with Crippen LogP contribution >= 0.6 is 28.1 Å². The molecule has 19 heavy (non-hydrogen) atoms. The molecule has 0 aliphatic rings. The standard InChI is InChI=1S/C14H13BrN2OS/c1-18-13-8-11(6-7-12(13)15)17-10-4-2-9(3-5-10)14(16)19/h2-8,17H,1H3,(H2,16,19). The Morgan fingerprint density at radius 3 is 2.37 bits per heavy atom. The first kappa shape index (κ1) is 13.8. The number of nitrogens with two attached hydrogens (primary N) is 1. The van der Waals surface area contributed by atoms with Gasteiger partial charge < -0.3 is 15.8 Å². The van der Waals surface area contributed by atoms with Crippen LogP contribution in [0, 0.1) is 0 Å². The summed E-state index contributed by atoms with van der Waals surface area (Å²) in [5.74, 6) is 0.782. The van der Waals surface area contributed by atoms with Gasteiger partial charge in [-0.3, -0.25) is 0 Å². The molecule has 0 fully saturated rings.